The Morgan fingerprint density at radius 3 is 2.33 bits per heavy atom. The van der Waals surface area contributed by atoms with Crippen LogP contribution in [0.1, 0.15) is 119 Å². The van der Waals surface area contributed by atoms with Gasteiger partial charge >= 0.3 is 5.97 Å². The number of nitrogens with one attached hydrogen (secondary N) is 2. The van der Waals surface area contributed by atoms with Gasteiger partial charge in [-0.25, -0.2) is 9.67 Å². The lowest BCUT2D eigenvalue weighted by Gasteiger charge is -2.64. The first-order valence-electron chi connectivity index (χ1n) is 17.5. The van der Waals surface area contributed by atoms with Crippen molar-refractivity contribution in [2.24, 2.45) is 44.8 Å². The predicted molar refractivity (Wildman–Crippen MR) is 174 cm³/mol. The summed E-state index contributed by atoms with van der Waals surface area (Å²) in [4.78, 5) is 19.0. The van der Waals surface area contributed by atoms with E-state index >= 15 is 0 Å². The highest BCUT2D eigenvalue weighted by Crippen LogP contribution is 2.89. The summed E-state index contributed by atoms with van der Waals surface area (Å²) in [5.74, 6) is -0.0893. The zero-order valence-corrected chi connectivity index (χ0v) is 29.9. The highest BCUT2D eigenvalue weighted by molar-refractivity contribution is 6.14. The molecule has 1 saturated heterocycles. The van der Waals surface area contributed by atoms with Crippen molar-refractivity contribution in [1.82, 2.24) is 9.67 Å². The molecule has 2 unspecified atom stereocenters. The lowest BCUT2D eigenvalue weighted by molar-refractivity contribution is -0.221. The zero-order chi connectivity index (χ0) is 33.0. The zero-order valence-electron chi connectivity index (χ0n) is 28.4. The highest BCUT2D eigenvalue weighted by Gasteiger charge is 2.85. The van der Waals surface area contributed by atoms with E-state index in [1.54, 1.807) is 0 Å². The average molecular weight is 674 g/mol. The maximum Gasteiger partial charge on any atom is 0.324 e. The lowest BCUT2D eigenvalue weighted by Crippen LogP contribution is -2.63. The Balaban J connectivity index is 1.35. The van der Waals surface area contributed by atoms with Gasteiger partial charge in [0.25, 0.3) is 0 Å². The molecule has 6 fully saturated rings. The van der Waals surface area contributed by atoms with E-state index < -0.39 is 34.9 Å². The van der Waals surface area contributed by atoms with Crippen LogP contribution in [-0.2, 0) is 14.3 Å². The van der Waals surface area contributed by atoms with Gasteiger partial charge < -0.3 is 24.8 Å². The van der Waals surface area contributed by atoms with Gasteiger partial charge in [0.2, 0.25) is 0 Å². The SMILES string of the molecule is CC(C)(O)[C@@H]1CC[C@](C)([C@H]2[C@@H](O)C[C@@]3(C)C4C[C@H](OC(=O)[C@@H](CCCNCl)NCl)[C@H]5C(C)(C)[C@@H](O)CC[C@@]56CC46CC[C@]23C)O1. The largest absolute Gasteiger partial charge is 0.461 e. The molecule has 13 atom stereocenters. The third kappa shape index (κ3) is 4.84. The number of hydrogen-bond donors (Lipinski definition) is 5. The fourth-order valence-corrected chi connectivity index (χ4v) is 13.4. The molecular formula is C35H58Cl2N2O6. The van der Waals surface area contributed by atoms with Crippen molar-refractivity contribution in [3.05, 3.63) is 0 Å². The number of carbonyl (C=O) groups is 1. The molecular weight excluding hydrogens is 615 g/mol. The molecule has 0 aromatic heterocycles. The Morgan fingerprint density at radius 1 is 1.00 bits per heavy atom. The smallest absolute Gasteiger partial charge is 0.324 e. The van der Waals surface area contributed by atoms with Crippen LogP contribution in [0.2, 0.25) is 0 Å². The number of aliphatic hydroxyl groups excluding tert-OH is 2. The van der Waals surface area contributed by atoms with Crippen LogP contribution in [0.5, 0.6) is 0 Å². The molecule has 5 N–H and O–H groups in total. The Morgan fingerprint density at radius 2 is 1.71 bits per heavy atom. The van der Waals surface area contributed by atoms with Gasteiger partial charge in [-0.3, -0.25) is 4.79 Å². The lowest BCUT2D eigenvalue weighted by atomic mass is 9.41. The van der Waals surface area contributed by atoms with Crippen LogP contribution >= 0.6 is 23.6 Å². The van der Waals surface area contributed by atoms with E-state index in [4.69, 9.17) is 33.0 Å². The van der Waals surface area contributed by atoms with Crippen molar-refractivity contribution < 1.29 is 29.6 Å². The summed E-state index contributed by atoms with van der Waals surface area (Å²) in [5.41, 5.74) is -2.13. The number of ether oxygens (including phenoxy) is 2. The number of halogens is 2. The van der Waals surface area contributed by atoms with Crippen LogP contribution in [-0.4, -0.2) is 69.5 Å². The summed E-state index contributed by atoms with van der Waals surface area (Å²) in [7, 11) is 0. The first-order valence-corrected chi connectivity index (χ1v) is 18.3. The molecule has 0 bridgehead atoms. The minimum atomic E-state index is -0.938. The molecule has 5 saturated carbocycles. The molecule has 258 valence electrons. The molecule has 0 radical (unpaired) electrons. The number of esters is 1. The Hall–Kier alpha value is -0.190. The predicted octanol–water partition coefficient (Wildman–Crippen LogP) is 5.62. The van der Waals surface area contributed by atoms with Crippen LogP contribution < -0.4 is 9.67 Å². The van der Waals surface area contributed by atoms with Crippen molar-refractivity contribution >= 4 is 29.5 Å². The van der Waals surface area contributed by atoms with E-state index in [-0.39, 0.29) is 57.6 Å². The second-order valence-electron chi connectivity index (χ2n) is 18.0. The molecule has 45 heavy (non-hydrogen) atoms. The number of aliphatic hydroxyl groups is 3. The average Bonchev–Trinajstić information content (AvgIpc) is 3.31. The number of carbonyl (C=O) groups excluding carboxylic acids is 1. The molecule has 6 rings (SSSR count). The molecule has 1 heterocycles. The second-order valence-corrected chi connectivity index (χ2v) is 18.5. The quantitative estimate of drug-likeness (QED) is 0.122. The summed E-state index contributed by atoms with van der Waals surface area (Å²) in [6, 6.07) is -0.650. The summed E-state index contributed by atoms with van der Waals surface area (Å²) >= 11 is 11.7. The van der Waals surface area contributed by atoms with Gasteiger partial charge in [-0.05, 0) is 148 Å². The highest BCUT2D eigenvalue weighted by atomic mass is 35.5. The summed E-state index contributed by atoms with van der Waals surface area (Å²) in [5, 5.41) is 34.2. The van der Waals surface area contributed by atoms with Crippen LogP contribution in [0.3, 0.4) is 0 Å². The molecule has 2 spiro atoms. The number of hydrogen-bond acceptors (Lipinski definition) is 8. The number of rotatable bonds is 9. The molecule has 1 aliphatic heterocycles. The second kappa shape index (κ2) is 11.2. The van der Waals surface area contributed by atoms with E-state index in [0.29, 0.717) is 25.8 Å². The Labute approximate surface area is 280 Å². The van der Waals surface area contributed by atoms with Crippen LogP contribution in [0, 0.1) is 44.8 Å². The first-order chi connectivity index (χ1) is 20.9. The molecule has 10 heteroatoms. The molecule has 0 amide bonds. The third-order valence-corrected chi connectivity index (χ3v) is 15.7. The van der Waals surface area contributed by atoms with Crippen molar-refractivity contribution in [1.29, 1.82) is 0 Å². The standard InChI is InChI=1S/C35H58Cl2N2O6/c1-29(2)24(41)10-13-35-19-34(35)15-14-31(5)26(33(7)12-11-25(45-33)30(3,4)43)21(40)18-32(31,6)23(34)17-22(27(29)35)44-28(42)20(39-37)9-8-16-38-36/h20-27,38-41,43H,8-19H2,1-7H3/t20-,21+,22+,23?,24+,25+,26+,27+,31-,32+,33-,34?,35-/m1/s1. The van der Waals surface area contributed by atoms with Gasteiger partial charge in [0.05, 0.1) is 29.5 Å². The minimum absolute atomic E-state index is 0.00315. The fourth-order valence-electron chi connectivity index (χ4n) is 13.0. The molecule has 8 nitrogen and oxygen atoms in total. The maximum absolute atomic E-state index is 13.7. The summed E-state index contributed by atoms with van der Waals surface area (Å²) in [6.45, 7) is 15.5. The molecule has 0 aromatic rings. The Bertz CT molecular complexity index is 1170. The fraction of sp³-hybridized carbons (Fsp3) is 0.971. The topological polar surface area (TPSA) is 120 Å². The van der Waals surface area contributed by atoms with Crippen molar-refractivity contribution in [2.45, 2.75) is 161 Å². The molecule has 5 aliphatic carbocycles. The monoisotopic (exact) mass is 672 g/mol. The van der Waals surface area contributed by atoms with Gasteiger partial charge in [0, 0.05) is 18.4 Å². The van der Waals surface area contributed by atoms with E-state index in [1.807, 2.05) is 13.8 Å². The van der Waals surface area contributed by atoms with E-state index in [2.05, 4.69) is 44.3 Å². The third-order valence-electron chi connectivity index (χ3n) is 15.2. The van der Waals surface area contributed by atoms with Crippen molar-refractivity contribution in [3.63, 3.8) is 0 Å². The van der Waals surface area contributed by atoms with Crippen LogP contribution in [0.15, 0.2) is 0 Å². The van der Waals surface area contributed by atoms with Gasteiger partial charge in [0.1, 0.15) is 12.1 Å². The molecule has 0 aromatic carbocycles. The van der Waals surface area contributed by atoms with E-state index in [9.17, 15) is 20.1 Å². The van der Waals surface area contributed by atoms with Gasteiger partial charge in [-0.1, -0.05) is 27.7 Å². The van der Waals surface area contributed by atoms with Crippen molar-refractivity contribution in [2.75, 3.05) is 6.54 Å². The summed E-state index contributed by atoms with van der Waals surface area (Å²) in [6.07, 6.45) is 7.50. The van der Waals surface area contributed by atoms with E-state index in [0.717, 1.165) is 51.4 Å². The van der Waals surface area contributed by atoms with Gasteiger partial charge in [-0.2, -0.15) is 0 Å². The first kappa shape index (κ1) is 34.7. The van der Waals surface area contributed by atoms with Crippen molar-refractivity contribution in [3.8, 4) is 0 Å². The van der Waals surface area contributed by atoms with Gasteiger partial charge in [0.15, 0.2) is 0 Å². The normalized spacial score (nSPS) is 50.6. The minimum Gasteiger partial charge on any atom is -0.461 e. The Kier molecular flexibility index (Phi) is 8.60. The van der Waals surface area contributed by atoms with Crippen LogP contribution in [0.4, 0.5) is 0 Å². The number of fused-ring (bicyclic) bond motifs is 2. The summed E-state index contributed by atoms with van der Waals surface area (Å²) < 4.78 is 13.3. The maximum atomic E-state index is 13.7. The van der Waals surface area contributed by atoms with E-state index in [1.165, 1.54) is 0 Å². The van der Waals surface area contributed by atoms with Crippen LogP contribution in [0.25, 0.3) is 0 Å². The molecule has 6 aliphatic rings. The van der Waals surface area contributed by atoms with Gasteiger partial charge in [-0.15, -0.1) is 0 Å².